The molecule has 8 heteroatoms. The van der Waals surface area contributed by atoms with Gasteiger partial charge in [0.1, 0.15) is 0 Å². The highest BCUT2D eigenvalue weighted by Crippen LogP contribution is 2.26. The number of nitrogens with one attached hydrogen (secondary N) is 1. The quantitative estimate of drug-likeness (QED) is 0.813. The third kappa shape index (κ3) is 4.99. The van der Waals surface area contributed by atoms with Gasteiger partial charge in [-0.2, -0.15) is 11.8 Å². The summed E-state index contributed by atoms with van der Waals surface area (Å²) in [6.07, 6.45) is 7.96. The second kappa shape index (κ2) is 8.41. The molecule has 0 unspecified atom stereocenters. The Labute approximate surface area is 155 Å². The van der Waals surface area contributed by atoms with E-state index in [1.807, 2.05) is 18.4 Å². The highest BCUT2D eigenvalue weighted by atomic mass is 32.2. The first kappa shape index (κ1) is 19.2. The van der Waals surface area contributed by atoms with Crippen molar-refractivity contribution in [1.29, 1.82) is 0 Å². The van der Waals surface area contributed by atoms with Crippen molar-refractivity contribution >= 4 is 21.8 Å². The molecule has 2 fully saturated rings. The molecule has 0 atom stereocenters. The van der Waals surface area contributed by atoms with Crippen molar-refractivity contribution in [3.63, 3.8) is 0 Å². The maximum atomic E-state index is 12.4. The summed E-state index contributed by atoms with van der Waals surface area (Å²) in [5.74, 6) is 3.00. The predicted octanol–water partition coefficient (Wildman–Crippen LogP) is 2.35. The van der Waals surface area contributed by atoms with Gasteiger partial charge in [0.2, 0.25) is 0 Å². The zero-order valence-corrected chi connectivity index (χ0v) is 16.9. The van der Waals surface area contributed by atoms with Gasteiger partial charge in [-0.1, -0.05) is 0 Å². The van der Waals surface area contributed by atoms with Gasteiger partial charge in [0, 0.05) is 24.8 Å². The Bertz CT molecular complexity index is 645. The van der Waals surface area contributed by atoms with Gasteiger partial charge in [0.25, 0.3) is 10.0 Å². The molecule has 6 nitrogen and oxygen atoms in total. The fourth-order valence-corrected chi connectivity index (χ4v) is 5.74. The number of sulfonamides is 1. The maximum absolute atomic E-state index is 12.4. The largest absolute Gasteiger partial charge is 0.334 e. The maximum Gasteiger partial charge on any atom is 0.259 e. The highest BCUT2D eigenvalue weighted by molar-refractivity contribution is 7.99. The van der Waals surface area contributed by atoms with Crippen molar-refractivity contribution in [3.8, 4) is 0 Å². The van der Waals surface area contributed by atoms with Gasteiger partial charge in [0.05, 0.1) is 6.33 Å². The van der Waals surface area contributed by atoms with Crippen LogP contribution in [0.1, 0.15) is 45.6 Å². The fraction of sp³-hybridized carbons (Fsp3) is 0.824. The molecule has 2 saturated heterocycles. The second-order valence-corrected chi connectivity index (χ2v) is 10.4. The van der Waals surface area contributed by atoms with E-state index < -0.39 is 10.0 Å². The summed E-state index contributed by atoms with van der Waals surface area (Å²) in [4.78, 5) is 6.67. The van der Waals surface area contributed by atoms with E-state index in [1.54, 1.807) is 12.5 Å². The zero-order chi connectivity index (χ0) is 17.9. The summed E-state index contributed by atoms with van der Waals surface area (Å²) in [6, 6.07) is 0.956. The number of imidazole rings is 1. The van der Waals surface area contributed by atoms with E-state index in [0.717, 1.165) is 32.0 Å². The SMILES string of the molecule is CC(C)n1cnc(S(=O)(=O)NCC2CCN(C3CCSCC3)CC2)c1. The predicted molar refractivity (Wildman–Crippen MR) is 102 cm³/mol. The van der Waals surface area contributed by atoms with Crippen LogP contribution in [0.5, 0.6) is 0 Å². The molecule has 0 bridgehead atoms. The van der Waals surface area contributed by atoms with Crippen LogP contribution < -0.4 is 4.72 Å². The molecular weight excluding hydrogens is 356 g/mol. The van der Waals surface area contributed by atoms with Crippen LogP contribution in [0.4, 0.5) is 0 Å². The molecule has 3 rings (SSSR count). The summed E-state index contributed by atoms with van der Waals surface area (Å²) in [6.45, 7) is 6.73. The molecule has 1 aromatic heterocycles. The lowest BCUT2D eigenvalue weighted by molar-refractivity contribution is 0.127. The second-order valence-electron chi connectivity index (χ2n) is 7.43. The minimum Gasteiger partial charge on any atom is -0.334 e. The van der Waals surface area contributed by atoms with Crippen LogP contribution >= 0.6 is 11.8 Å². The summed E-state index contributed by atoms with van der Waals surface area (Å²) >= 11 is 2.06. The summed E-state index contributed by atoms with van der Waals surface area (Å²) < 4.78 is 29.4. The lowest BCUT2D eigenvalue weighted by Crippen LogP contribution is -2.45. The number of likely N-dealkylation sites (tertiary alicyclic amines) is 1. The molecule has 0 saturated carbocycles. The number of aromatic nitrogens is 2. The summed E-state index contributed by atoms with van der Waals surface area (Å²) in [5.41, 5.74) is 0. The van der Waals surface area contributed by atoms with E-state index >= 15 is 0 Å². The van der Waals surface area contributed by atoms with Gasteiger partial charge >= 0.3 is 0 Å². The zero-order valence-electron chi connectivity index (χ0n) is 15.2. The molecule has 2 aliphatic rings. The third-order valence-electron chi connectivity index (χ3n) is 5.37. The Morgan fingerprint density at radius 3 is 2.52 bits per heavy atom. The van der Waals surface area contributed by atoms with Crippen molar-refractivity contribution < 1.29 is 8.42 Å². The van der Waals surface area contributed by atoms with Gasteiger partial charge in [0.15, 0.2) is 5.03 Å². The number of hydrogen-bond donors (Lipinski definition) is 1. The lowest BCUT2D eigenvalue weighted by atomic mass is 9.95. The van der Waals surface area contributed by atoms with E-state index in [4.69, 9.17) is 0 Å². The molecule has 0 radical (unpaired) electrons. The Hall–Kier alpha value is -0.570. The van der Waals surface area contributed by atoms with E-state index in [2.05, 4.69) is 26.4 Å². The van der Waals surface area contributed by atoms with Crippen molar-refractivity contribution in [2.45, 2.75) is 56.6 Å². The van der Waals surface area contributed by atoms with E-state index in [0.29, 0.717) is 12.5 Å². The molecule has 0 spiro atoms. The van der Waals surface area contributed by atoms with Crippen molar-refractivity contribution in [3.05, 3.63) is 12.5 Å². The van der Waals surface area contributed by atoms with Crippen molar-refractivity contribution in [2.75, 3.05) is 31.1 Å². The van der Waals surface area contributed by atoms with Crippen molar-refractivity contribution in [2.24, 2.45) is 5.92 Å². The average Bonchev–Trinajstić information content (AvgIpc) is 3.13. The Morgan fingerprint density at radius 1 is 1.24 bits per heavy atom. The van der Waals surface area contributed by atoms with Crippen LogP contribution in [-0.4, -0.2) is 60.1 Å². The third-order valence-corrected chi connectivity index (χ3v) is 7.72. The van der Waals surface area contributed by atoms with Crippen LogP contribution in [0.15, 0.2) is 17.6 Å². The number of thioether (sulfide) groups is 1. The molecule has 1 aromatic rings. The normalized spacial score (nSPS) is 21.9. The van der Waals surface area contributed by atoms with Gasteiger partial charge < -0.3 is 9.47 Å². The Balaban J connectivity index is 1.47. The molecule has 25 heavy (non-hydrogen) atoms. The lowest BCUT2D eigenvalue weighted by Gasteiger charge is -2.39. The van der Waals surface area contributed by atoms with Crippen LogP contribution in [0, 0.1) is 5.92 Å². The first-order valence-corrected chi connectivity index (χ1v) is 11.9. The Kier molecular flexibility index (Phi) is 6.46. The van der Waals surface area contributed by atoms with E-state index in [9.17, 15) is 8.42 Å². The molecule has 142 valence electrons. The van der Waals surface area contributed by atoms with Crippen LogP contribution in [0.25, 0.3) is 0 Å². The first-order chi connectivity index (χ1) is 12.0. The van der Waals surface area contributed by atoms with Crippen LogP contribution in [-0.2, 0) is 10.0 Å². The molecule has 3 heterocycles. The van der Waals surface area contributed by atoms with Crippen LogP contribution in [0.3, 0.4) is 0 Å². The Morgan fingerprint density at radius 2 is 1.92 bits per heavy atom. The smallest absolute Gasteiger partial charge is 0.259 e. The van der Waals surface area contributed by atoms with Gasteiger partial charge in [-0.25, -0.2) is 18.1 Å². The topological polar surface area (TPSA) is 67.2 Å². The number of nitrogens with zero attached hydrogens (tertiary/aromatic N) is 3. The summed E-state index contributed by atoms with van der Waals surface area (Å²) in [5, 5.41) is 0.123. The first-order valence-electron chi connectivity index (χ1n) is 9.30. The van der Waals surface area contributed by atoms with Crippen LogP contribution in [0.2, 0.25) is 0 Å². The highest BCUT2D eigenvalue weighted by Gasteiger charge is 2.27. The molecule has 0 aromatic carbocycles. The number of rotatable bonds is 6. The molecule has 0 aliphatic carbocycles. The molecule has 1 N–H and O–H groups in total. The number of piperidine rings is 1. The minimum absolute atomic E-state index is 0.123. The molecule has 0 amide bonds. The fourth-order valence-electron chi connectivity index (χ4n) is 3.61. The molecule has 2 aliphatic heterocycles. The van der Waals surface area contributed by atoms with E-state index in [1.165, 1.54) is 24.3 Å². The van der Waals surface area contributed by atoms with E-state index in [-0.39, 0.29) is 11.1 Å². The average molecular weight is 387 g/mol. The minimum atomic E-state index is -3.50. The van der Waals surface area contributed by atoms with Gasteiger partial charge in [-0.05, 0) is 70.0 Å². The van der Waals surface area contributed by atoms with Gasteiger partial charge in [-0.15, -0.1) is 0 Å². The summed E-state index contributed by atoms with van der Waals surface area (Å²) in [7, 11) is -3.50. The van der Waals surface area contributed by atoms with Crippen molar-refractivity contribution in [1.82, 2.24) is 19.2 Å². The number of hydrogen-bond acceptors (Lipinski definition) is 5. The monoisotopic (exact) mass is 386 g/mol. The van der Waals surface area contributed by atoms with Gasteiger partial charge in [-0.3, -0.25) is 0 Å². The molecular formula is C17H30N4O2S2. The standard InChI is InChI=1S/C17H30N4O2S2/c1-14(2)21-12-17(18-13-21)25(22,23)19-11-15-3-7-20(8-4-15)16-5-9-24-10-6-16/h12-16,19H,3-11H2,1-2H3.